The monoisotopic (exact) mass is 274 g/mol. The summed E-state index contributed by atoms with van der Waals surface area (Å²) in [5, 5.41) is 17.9. The molecule has 1 N–H and O–H groups in total. The first-order valence-corrected chi connectivity index (χ1v) is 6.31. The number of nitrogens with zero attached hydrogens (tertiary/aromatic N) is 2. The largest absolute Gasteiger partial charge is 0.481 e. The minimum absolute atomic E-state index is 0.102. The fourth-order valence-electron chi connectivity index (χ4n) is 2.03. The highest BCUT2D eigenvalue weighted by atomic mass is 16.4. The quantitative estimate of drug-likeness (QED) is 0.892. The van der Waals surface area contributed by atoms with Gasteiger partial charge in [0.25, 0.3) is 0 Å². The molecule has 1 aromatic carbocycles. The number of rotatable bonds is 5. The number of carboxylic acids is 1. The normalized spacial score (nSPS) is 11.5. The number of nitriles is 1. The Bertz CT molecular complexity index is 561. The second-order valence-corrected chi connectivity index (χ2v) is 4.79. The molecule has 1 rings (SSSR count). The van der Waals surface area contributed by atoms with Crippen LogP contribution in [0.15, 0.2) is 18.2 Å². The molecule has 5 nitrogen and oxygen atoms in total. The van der Waals surface area contributed by atoms with Crippen molar-refractivity contribution in [3.8, 4) is 6.07 Å². The van der Waals surface area contributed by atoms with Crippen LogP contribution in [-0.2, 0) is 9.59 Å². The van der Waals surface area contributed by atoms with E-state index < -0.39 is 12.0 Å². The molecule has 1 aromatic rings. The summed E-state index contributed by atoms with van der Waals surface area (Å²) < 4.78 is 0. The minimum atomic E-state index is -1.02. The van der Waals surface area contributed by atoms with E-state index in [0.717, 1.165) is 16.7 Å². The molecule has 0 fully saturated rings. The van der Waals surface area contributed by atoms with Crippen LogP contribution in [0.2, 0.25) is 0 Å². The second-order valence-electron chi connectivity index (χ2n) is 4.79. The summed E-state index contributed by atoms with van der Waals surface area (Å²) in [6.07, 6.45) is -0.330. The standard InChI is InChI=1S/C15H18N2O3/c1-10-4-5-12(11(2)8-10)13(9-16)17(3)14(18)6-7-15(19)20/h4-5,8,13H,6-7H2,1-3H3,(H,19,20). The van der Waals surface area contributed by atoms with Crippen LogP contribution in [0, 0.1) is 25.2 Å². The molecule has 106 valence electrons. The van der Waals surface area contributed by atoms with E-state index >= 15 is 0 Å². The van der Waals surface area contributed by atoms with Gasteiger partial charge in [-0.25, -0.2) is 0 Å². The number of hydrogen-bond donors (Lipinski definition) is 1. The highest BCUT2D eigenvalue weighted by molar-refractivity contribution is 5.81. The summed E-state index contributed by atoms with van der Waals surface area (Å²) in [6.45, 7) is 3.85. The molecule has 0 aromatic heterocycles. The van der Waals surface area contributed by atoms with Gasteiger partial charge in [0, 0.05) is 13.5 Å². The van der Waals surface area contributed by atoms with Gasteiger partial charge in [0.05, 0.1) is 12.5 Å². The van der Waals surface area contributed by atoms with Gasteiger partial charge in [-0.2, -0.15) is 5.26 Å². The van der Waals surface area contributed by atoms with Crippen LogP contribution in [0.1, 0.15) is 35.6 Å². The van der Waals surface area contributed by atoms with Gasteiger partial charge in [0.1, 0.15) is 6.04 Å². The van der Waals surface area contributed by atoms with Crippen molar-refractivity contribution in [2.45, 2.75) is 32.7 Å². The van der Waals surface area contributed by atoms with Crippen molar-refractivity contribution in [3.63, 3.8) is 0 Å². The molecular weight excluding hydrogens is 256 g/mol. The number of hydrogen-bond acceptors (Lipinski definition) is 3. The Morgan fingerprint density at radius 3 is 2.50 bits per heavy atom. The summed E-state index contributed by atoms with van der Waals surface area (Å²) in [5.41, 5.74) is 2.79. The van der Waals surface area contributed by atoms with E-state index in [2.05, 4.69) is 6.07 Å². The molecule has 0 aliphatic heterocycles. The third-order valence-corrected chi connectivity index (χ3v) is 3.18. The van der Waals surface area contributed by atoms with Crippen molar-refractivity contribution in [1.82, 2.24) is 4.90 Å². The van der Waals surface area contributed by atoms with Gasteiger partial charge in [0.15, 0.2) is 0 Å². The maximum absolute atomic E-state index is 11.9. The van der Waals surface area contributed by atoms with E-state index in [0.29, 0.717) is 0 Å². The number of benzene rings is 1. The predicted molar refractivity (Wildman–Crippen MR) is 73.9 cm³/mol. The van der Waals surface area contributed by atoms with Crippen LogP contribution in [-0.4, -0.2) is 28.9 Å². The molecule has 0 bridgehead atoms. The van der Waals surface area contributed by atoms with Crippen molar-refractivity contribution in [2.24, 2.45) is 0 Å². The third kappa shape index (κ3) is 3.82. The Morgan fingerprint density at radius 2 is 2.00 bits per heavy atom. The smallest absolute Gasteiger partial charge is 0.303 e. The highest BCUT2D eigenvalue weighted by Crippen LogP contribution is 2.23. The molecule has 5 heteroatoms. The molecule has 0 saturated heterocycles. The SMILES string of the molecule is Cc1ccc(C(C#N)N(C)C(=O)CCC(=O)O)c(C)c1. The maximum atomic E-state index is 11.9. The fraction of sp³-hybridized carbons (Fsp3) is 0.400. The molecule has 0 aliphatic rings. The van der Waals surface area contributed by atoms with Gasteiger partial charge in [-0.05, 0) is 25.0 Å². The van der Waals surface area contributed by atoms with Crippen molar-refractivity contribution >= 4 is 11.9 Å². The Kier molecular flexibility index (Phi) is 5.27. The molecule has 0 aliphatic carbocycles. The summed E-state index contributed by atoms with van der Waals surface area (Å²) in [4.78, 5) is 23.7. The second kappa shape index (κ2) is 6.71. The summed E-state index contributed by atoms with van der Waals surface area (Å²) in [6, 6.07) is 7.08. The van der Waals surface area contributed by atoms with E-state index in [1.54, 1.807) is 0 Å². The van der Waals surface area contributed by atoms with Gasteiger partial charge in [-0.1, -0.05) is 23.8 Å². The van der Waals surface area contributed by atoms with Crippen LogP contribution in [0.3, 0.4) is 0 Å². The van der Waals surface area contributed by atoms with Gasteiger partial charge in [-0.3, -0.25) is 9.59 Å². The highest BCUT2D eigenvalue weighted by Gasteiger charge is 2.23. The van der Waals surface area contributed by atoms with E-state index in [9.17, 15) is 14.9 Å². The average molecular weight is 274 g/mol. The van der Waals surface area contributed by atoms with Crippen molar-refractivity contribution in [2.75, 3.05) is 7.05 Å². The van der Waals surface area contributed by atoms with Crippen LogP contribution in [0.25, 0.3) is 0 Å². The van der Waals surface area contributed by atoms with Gasteiger partial charge >= 0.3 is 5.97 Å². The first kappa shape index (κ1) is 15.7. The Morgan fingerprint density at radius 1 is 1.35 bits per heavy atom. The molecular formula is C15H18N2O3. The van der Waals surface area contributed by atoms with Crippen molar-refractivity contribution < 1.29 is 14.7 Å². The summed E-state index contributed by atoms with van der Waals surface area (Å²) in [5.74, 6) is -1.37. The summed E-state index contributed by atoms with van der Waals surface area (Å²) in [7, 11) is 1.53. The van der Waals surface area contributed by atoms with Gasteiger partial charge in [-0.15, -0.1) is 0 Å². The minimum Gasteiger partial charge on any atom is -0.481 e. The molecule has 0 radical (unpaired) electrons. The number of aryl methyl sites for hydroxylation is 2. The lowest BCUT2D eigenvalue weighted by Gasteiger charge is -2.24. The van der Waals surface area contributed by atoms with Gasteiger partial charge in [0.2, 0.25) is 5.91 Å². The topological polar surface area (TPSA) is 81.4 Å². The molecule has 1 amide bonds. The number of carbonyl (C=O) groups excluding carboxylic acids is 1. The van der Waals surface area contributed by atoms with Crippen LogP contribution < -0.4 is 0 Å². The number of carbonyl (C=O) groups is 2. The van der Waals surface area contributed by atoms with Gasteiger partial charge < -0.3 is 10.0 Å². The van der Waals surface area contributed by atoms with Crippen molar-refractivity contribution in [1.29, 1.82) is 5.26 Å². The maximum Gasteiger partial charge on any atom is 0.303 e. The zero-order chi connectivity index (χ0) is 15.3. The van der Waals surface area contributed by atoms with Crippen molar-refractivity contribution in [3.05, 3.63) is 34.9 Å². The van der Waals surface area contributed by atoms with Crippen LogP contribution >= 0.6 is 0 Å². The number of carboxylic acid groups (broad SMARTS) is 1. The molecule has 20 heavy (non-hydrogen) atoms. The molecule has 1 atom stereocenters. The summed E-state index contributed by atoms with van der Waals surface area (Å²) >= 11 is 0. The van der Waals surface area contributed by atoms with E-state index in [1.807, 2.05) is 32.0 Å². The zero-order valence-electron chi connectivity index (χ0n) is 11.9. The lowest BCUT2D eigenvalue weighted by Crippen LogP contribution is -2.31. The molecule has 1 unspecified atom stereocenters. The fourth-order valence-corrected chi connectivity index (χ4v) is 2.03. The first-order valence-electron chi connectivity index (χ1n) is 6.31. The average Bonchev–Trinajstić information content (AvgIpc) is 2.38. The van der Waals surface area contributed by atoms with E-state index in [4.69, 9.17) is 5.11 Å². The predicted octanol–water partition coefficient (Wildman–Crippen LogP) is 2.19. The molecule has 0 spiro atoms. The van der Waals surface area contributed by atoms with Crippen LogP contribution in [0.4, 0.5) is 0 Å². The number of aliphatic carboxylic acids is 1. The first-order chi connectivity index (χ1) is 9.36. The molecule has 0 heterocycles. The Labute approximate surface area is 118 Å². The molecule has 0 saturated carbocycles. The third-order valence-electron chi connectivity index (χ3n) is 3.18. The van der Waals surface area contributed by atoms with E-state index in [-0.39, 0.29) is 18.7 Å². The van der Waals surface area contributed by atoms with E-state index in [1.165, 1.54) is 11.9 Å². The Hall–Kier alpha value is -2.35. The zero-order valence-corrected chi connectivity index (χ0v) is 11.9. The van der Waals surface area contributed by atoms with Crippen LogP contribution in [0.5, 0.6) is 0 Å². The lowest BCUT2D eigenvalue weighted by molar-refractivity contribution is -0.140. The lowest BCUT2D eigenvalue weighted by atomic mass is 9.99. The Balaban J connectivity index is 2.92. The number of amides is 1.